The molecule has 1 aliphatic rings. The van der Waals surface area contributed by atoms with Crippen LogP contribution in [0.15, 0.2) is 14.1 Å². The first-order chi connectivity index (χ1) is 9.29. The topological polar surface area (TPSA) is 49.4 Å². The fourth-order valence-electron chi connectivity index (χ4n) is 2.38. The van der Waals surface area contributed by atoms with Gasteiger partial charge in [-0.25, -0.2) is 13.1 Å². The maximum Gasteiger partial charge on any atom is 0.250 e. The van der Waals surface area contributed by atoms with Gasteiger partial charge in [0.1, 0.15) is 4.21 Å². The number of likely N-dealkylation sites (tertiary alicyclic amines) is 1. The summed E-state index contributed by atoms with van der Waals surface area (Å²) in [5.41, 5.74) is 0.963. The van der Waals surface area contributed by atoms with Crippen LogP contribution in [0.4, 0.5) is 0 Å². The standard InChI is InChI=1S/C13H21BrN2O2S2/c1-9(2)16-6-4-11(5-7-16)15-20(17,18)12-8-10(3)13(14)19-12/h8-9,11,15H,4-7H2,1-3H3. The number of hydrogen-bond donors (Lipinski definition) is 1. The zero-order valence-corrected chi connectivity index (χ0v) is 15.2. The Balaban J connectivity index is 2.00. The van der Waals surface area contributed by atoms with Crippen LogP contribution in [0, 0.1) is 6.92 Å². The Morgan fingerprint density at radius 2 is 2.00 bits per heavy atom. The molecule has 0 radical (unpaired) electrons. The lowest BCUT2D eigenvalue weighted by molar-refractivity contribution is 0.168. The fourth-order valence-corrected chi connectivity index (χ4v) is 5.92. The highest BCUT2D eigenvalue weighted by Crippen LogP contribution is 2.30. The summed E-state index contributed by atoms with van der Waals surface area (Å²) in [4.78, 5) is 2.39. The highest BCUT2D eigenvalue weighted by molar-refractivity contribution is 9.11. The molecule has 0 amide bonds. The van der Waals surface area contributed by atoms with Crippen molar-refractivity contribution in [1.29, 1.82) is 0 Å². The van der Waals surface area contributed by atoms with Gasteiger partial charge in [0.15, 0.2) is 0 Å². The second-order valence-electron chi connectivity index (χ2n) is 5.55. The second kappa shape index (κ2) is 6.44. The summed E-state index contributed by atoms with van der Waals surface area (Å²) in [6, 6.07) is 2.31. The van der Waals surface area contributed by atoms with E-state index in [1.807, 2.05) is 6.92 Å². The number of halogens is 1. The molecule has 0 aromatic carbocycles. The molecular formula is C13H21BrN2O2S2. The first kappa shape index (κ1) is 16.4. The van der Waals surface area contributed by atoms with Crippen molar-refractivity contribution in [3.05, 3.63) is 15.4 Å². The van der Waals surface area contributed by atoms with Crippen molar-refractivity contribution in [2.75, 3.05) is 13.1 Å². The summed E-state index contributed by atoms with van der Waals surface area (Å²) in [7, 11) is -3.38. The first-order valence-electron chi connectivity index (χ1n) is 6.82. The molecular weight excluding hydrogens is 360 g/mol. The SMILES string of the molecule is Cc1cc(S(=O)(=O)NC2CCN(C(C)C)CC2)sc1Br. The molecule has 0 saturated carbocycles. The predicted octanol–water partition coefficient (Wildman–Crippen LogP) is 2.97. The minimum absolute atomic E-state index is 0.0520. The molecule has 2 heterocycles. The number of hydrogen-bond acceptors (Lipinski definition) is 4. The molecule has 0 unspecified atom stereocenters. The summed E-state index contributed by atoms with van der Waals surface area (Å²) in [5, 5.41) is 0. The van der Waals surface area contributed by atoms with E-state index in [4.69, 9.17) is 0 Å². The van der Waals surface area contributed by atoms with Crippen molar-refractivity contribution < 1.29 is 8.42 Å². The second-order valence-corrected chi connectivity index (χ2v) is 9.86. The molecule has 4 nitrogen and oxygen atoms in total. The molecule has 0 aliphatic carbocycles. The predicted molar refractivity (Wildman–Crippen MR) is 86.8 cm³/mol. The smallest absolute Gasteiger partial charge is 0.250 e. The van der Waals surface area contributed by atoms with Crippen molar-refractivity contribution in [3.63, 3.8) is 0 Å². The van der Waals surface area contributed by atoms with E-state index in [1.54, 1.807) is 6.07 Å². The zero-order chi connectivity index (χ0) is 14.9. The highest BCUT2D eigenvalue weighted by Gasteiger charge is 2.26. The quantitative estimate of drug-likeness (QED) is 0.873. The third kappa shape index (κ3) is 3.82. The summed E-state index contributed by atoms with van der Waals surface area (Å²) in [5.74, 6) is 0. The van der Waals surface area contributed by atoms with Gasteiger partial charge in [-0.2, -0.15) is 0 Å². The first-order valence-corrected chi connectivity index (χ1v) is 9.91. The number of rotatable bonds is 4. The molecule has 1 aromatic rings. The molecule has 7 heteroatoms. The normalized spacial score (nSPS) is 18.9. The third-order valence-electron chi connectivity index (χ3n) is 3.68. The van der Waals surface area contributed by atoms with Crippen LogP contribution in [-0.4, -0.2) is 38.5 Å². The Bertz CT molecular complexity index is 541. The van der Waals surface area contributed by atoms with Crippen LogP contribution in [0.2, 0.25) is 0 Å². The molecule has 1 N–H and O–H groups in total. The number of nitrogens with one attached hydrogen (secondary N) is 1. The lowest BCUT2D eigenvalue weighted by atomic mass is 10.1. The van der Waals surface area contributed by atoms with E-state index in [-0.39, 0.29) is 6.04 Å². The number of piperidine rings is 1. The fraction of sp³-hybridized carbons (Fsp3) is 0.692. The number of sulfonamides is 1. The molecule has 1 aromatic heterocycles. The lowest BCUT2D eigenvalue weighted by Gasteiger charge is -2.34. The van der Waals surface area contributed by atoms with Crippen molar-refractivity contribution in [1.82, 2.24) is 9.62 Å². The Morgan fingerprint density at radius 3 is 2.45 bits per heavy atom. The number of aryl methyl sites for hydroxylation is 1. The molecule has 114 valence electrons. The molecule has 0 bridgehead atoms. The van der Waals surface area contributed by atoms with Gasteiger partial charge >= 0.3 is 0 Å². The van der Waals surface area contributed by atoms with E-state index in [9.17, 15) is 8.42 Å². The minimum atomic E-state index is -3.38. The van der Waals surface area contributed by atoms with Crippen LogP contribution in [0.3, 0.4) is 0 Å². The van der Waals surface area contributed by atoms with Gasteiger partial charge in [-0.1, -0.05) is 0 Å². The van der Waals surface area contributed by atoms with Crippen LogP contribution in [0.25, 0.3) is 0 Å². The van der Waals surface area contributed by atoms with Crippen LogP contribution in [-0.2, 0) is 10.0 Å². The summed E-state index contributed by atoms with van der Waals surface area (Å²) in [6.07, 6.45) is 1.76. The van der Waals surface area contributed by atoms with Crippen LogP contribution < -0.4 is 4.72 Å². The Morgan fingerprint density at radius 1 is 1.40 bits per heavy atom. The van der Waals surface area contributed by atoms with Crippen molar-refractivity contribution in [2.45, 2.75) is 49.9 Å². The van der Waals surface area contributed by atoms with Gasteiger partial charge in [0.2, 0.25) is 10.0 Å². The van der Waals surface area contributed by atoms with Crippen LogP contribution in [0.1, 0.15) is 32.3 Å². The number of thiophene rings is 1. The molecule has 20 heavy (non-hydrogen) atoms. The van der Waals surface area contributed by atoms with Gasteiger partial charge in [0.25, 0.3) is 0 Å². The highest BCUT2D eigenvalue weighted by atomic mass is 79.9. The molecule has 0 spiro atoms. The van der Waals surface area contributed by atoms with Gasteiger partial charge in [-0.15, -0.1) is 11.3 Å². The monoisotopic (exact) mass is 380 g/mol. The van der Waals surface area contributed by atoms with Gasteiger partial charge < -0.3 is 4.90 Å². The van der Waals surface area contributed by atoms with E-state index >= 15 is 0 Å². The van der Waals surface area contributed by atoms with Gasteiger partial charge in [-0.05, 0) is 74.3 Å². The van der Waals surface area contributed by atoms with Gasteiger partial charge in [0.05, 0.1) is 3.79 Å². The summed E-state index contributed by atoms with van der Waals surface area (Å²) < 4.78 is 28.8. The molecule has 1 saturated heterocycles. The van der Waals surface area contributed by atoms with Gasteiger partial charge in [-0.3, -0.25) is 0 Å². The summed E-state index contributed by atoms with van der Waals surface area (Å²) >= 11 is 4.65. The lowest BCUT2D eigenvalue weighted by Crippen LogP contribution is -2.46. The van der Waals surface area contributed by atoms with E-state index < -0.39 is 10.0 Å². The molecule has 2 rings (SSSR count). The average molecular weight is 381 g/mol. The Labute approximate surface area is 133 Å². The maximum atomic E-state index is 12.3. The van der Waals surface area contributed by atoms with Crippen LogP contribution in [0.5, 0.6) is 0 Å². The van der Waals surface area contributed by atoms with Crippen molar-refractivity contribution in [3.8, 4) is 0 Å². The van der Waals surface area contributed by atoms with Crippen molar-refractivity contribution >= 4 is 37.3 Å². The van der Waals surface area contributed by atoms with E-state index in [1.165, 1.54) is 11.3 Å². The zero-order valence-electron chi connectivity index (χ0n) is 12.0. The maximum absolute atomic E-state index is 12.3. The molecule has 1 aliphatic heterocycles. The Kier molecular flexibility index (Phi) is 5.29. The third-order valence-corrected chi connectivity index (χ3v) is 7.81. The van der Waals surface area contributed by atoms with Crippen molar-refractivity contribution in [2.24, 2.45) is 0 Å². The average Bonchev–Trinajstić information content (AvgIpc) is 2.71. The van der Waals surface area contributed by atoms with E-state index in [0.29, 0.717) is 10.3 Å². The Hall–Kier alpha value is 0.0500. The molecule has 0 atom stereocenters. The van der Waals surface area contributed by atoms with E-state index in [2.05, 4.69) is 39.4 Å². The van der Waals surface area contributed by atoms with Crippen LogP contribution >= 0.6 is 27.3 Å². The summed E-state index contributed by atoms with van der Waals surface area (Å²) in [6.45, 7) is 8.17. The largest absolute Gasteiger partial charge is 0.301 e. The minimum Gasteiger partial charge on any atom is -0.301 e. The van der Waals surface area contributed by atoms with E-state index in [0.717, 1.165) is 35.3 Å². The number of nitrogens with zero attached hydrogens (tertiary/aromatic N) is 1. The molecule has 1 fully saturated rings. The van der Waals surface area contributed by atoms with Gasteiger partial charge in [0, 0.05) is 12.1 Å².